The summed E-state index contributed by atoms with van der Waals surface area (Å²) in [5.74, 6) is 4.45. The summed E-state index contributed by atoms with van der Waals surface area (Å²) in [7, 11) is 0.172. The molecule has 1 aliphatic carbocycles. The number of anilines is 4. The highest BCUT2D eigenvalue weighted by Crippen LogP contribution is 2.41. The second kappa shape index (κ2) is 14.2. The predicted molar refractivity (Wildman–Crippen MR) is 189 cm³/mol. The molecule has 1 saturated heterocycles. The molecule has 45 heavy (non-hydrogen) atoms. The van der Waals surface area contributed by atoms with Crippen molar-refractivity contribution in [2.45, 2.75) is 89.9 Å². The van der Waals surface area contributed by atoms with Gasteiger partial charge in [0.2, 0.25) is 5.95 Å². The maximum Gasteiger partial charge on any atom is 0.320 e. The van der Waals surface area contributed by atoms with Gasteiger partial charge in [0.1, 0.15) is 13.9 Å². The minimum Gasteiger partial charge on any atom is -0.369 e. The van der Waals surface area contributed by atoms with E-state index in [1.807, 2.05) is 6.07 Å². The van der Waals surface area contributed by atoms with Crippen molar-refractivity contribution in [1.29, 1.82) is 0 Å². The fourth-order valence-corrected chi connectivity index (χ4v) is 12.4. The third kappa shape index (κ3) is 7.59. The maximum absolute atomic E-state index is 12.9. The molecule has 3 aromatic rings. The summed E-state index contributed by atoms with van der Waals surface area (Å²) in [6.45, 7) is 18.0. The van der Waals surface area contributed by atoms with Crippen LogP contribution in [-0.2, 0) is 0 Å². The summed E-state index contributed by atoms with van der Waals surface area (Å²) >= 11 is 0. The van der Waals surface area contributed by atoms with Crippen LogP contribution >= 0.6 is 0 Å². The predicted octanol–water partition coefficient (Wildman–Crippen LogP) is 7.15. The van der Waals surface area contributed by atoms with Crippen LogP contribution < -0.4 is 20.9 Å². The number of urea groups is 1. The molecular weight excluding hydrogens is 577 g/mol. The van der Waals surface area contributed by atoms with Crippen molar-refractivity contribution < 1.29 is 4.79 Å². The Labute approximate surface area is 270 Å². The molecule has 1 saturated carbocycles. The molecule has 0 atom stereocenters. The van der Waals surface area contributed by atoms with Gasteiger partial charge in [0.25, 0.3) is 0 Å². The number of carbonyl (C=O) groups excluding carboxylic acids is 1. The molecular formula is C35H50N8OSi. The fraction of sp³-hybridized carbons (Fsp3) is 0.543. The SMILES string of the molecule is CC(C)[Si](C#Cc1cc(NC(=O)NC2CCCC2)nc2nc(Nc3ccc(N4CCN(C)CC4)cc3)ncc12)(C(C)C)C(C)C. The Morgan fingerprint density at radius 3 is 2.20 bits per heavy atom. The first-order valence-corrected chi connectivity index (χ1v) is 18.9. The third-order valence-corrected chi connectivity index (χ3v) is 16.1. The maximum atomic E-state index is 12.9. The molecule has 9 nitrogen and oxygen atoms in total. The smallest absolute Gasteiger partial charge is 0.320 e. The van der Waals surface area contributed by atoms with Crippen molar-refractivity contribution in [3.63, 3.8) is 0 Å². The summed E-state index contributed by atoms with van der Waals surface area (Å²) in [5.41, 5.74) is 8.73. The number of rotatable bonds is 8. The van der Waals surface area contributed by atoms with Crippen molar-refractivity contribution in [1.82, 2.24) is 25.2 Å². The fourth-order valence-electron chi connectivity index (χ4n) is 7.20. The minimum atomic E-state index is -1.99. The molecule has 240 valence electrons. The molecule has 2 aromatic heterocycles. The molecule has 2 fully saturated rings. The van der Waals surface area contributed by atoms with Gasteiger partial charge in [-0.15, -0.1) is 5.54 Å². The molecule has 10 heteroatoms. The highest BCUT2D eigenvalue weighted by atomic mass is 28.3. The van der Waals surface area contributed by atoms with Crippen LogP contribution in [0.3, 0.4) is 0 Å². The molecule has 3 N–H and O–H groups in total. The third-order valence-electron chi connectivity index (χ3n) is 9.77. The average molecular weight is 627 g/mol. The summed E-state index contributed by atoms with van der Waals surface area (Å²) in [4.78, 5) is 31.9. The molecule has 5 rings (SSSR count). The monoisotopic (exact) mass is 626 g/mol. The number of nitrogens with one attached hydrogen (secondary N) is 3. The van der Waals surface area contributed by atoms with E-state index in [1.165, 1.54) is 5.69 Å². The van der Waals surface area contributed by atoms with Crippen LogP contribution in [0.25, 0.3) is 11.0 Å². The van der Waals surface area contributed by atoms with E-state index in [0.717, 1.165) is 68.5 Å². The van der Waals surface area contributed by atoms with Crippen LogP contribution in [0.15, 0.2) is 36.5 Å². The number of hydrogen-bond acceptors (Lipinski definition) is 7. The number of benzene rings is 1. The summed E-state index contributed by atoms with van der Waals surface area (Å²) in [5, 5.41) is 10.2. The van der Waals surface area contributed by atoms with E-state index in [2.05, 4.69) is 115 Å². The zero-order chi connectivity index (χ0) is 32.1. The minimum absolute atomic E-state index is 0.209. The van der Waals surface area contributed by atoms with Crippen LogP contribution in [0, 0.1) is 11.5 Å². The standard InChI is InChI=1S/C35H50N8OSi/c1-24(2)45(25(3)4,26(5)6)21-16-27-22-32(40-35(44)38-28-10-8-9-11-28)39-33-31(27)23-36-34(41-33)37-29-12-14-30(15-13-29)43-19-17-42(7)18-20-43/h12-15,22-26,28H,8-11,17-20H2,1-7H3,(H3,36,37,38,39,40,41,44). The van der Waals surface area contributed by atoms with Gasteiger partial charge in [-0.05, 0) is 66.8 Å². The first kappa shape index (κ1) is 32.7. The molecule has 0 bridgehead atoms. The van der Waals surface area contributed by atoms with Crippen molar-refractivity contribution in [3.05, 3.63) is 42.1 Å². The number of fused-ring (bicyclic) bond motifs is 1. The van der Waals surface area contributed by atoms with Crippen molar-refractivity contribution in [2.75, 3.05) is 48.8 Å². The molecule has 0 spiro atoms. The van der Waals surface area contributed by atoms with Crippen LogP contribution in [0.4, 0.5) is 27.9 Å². The van der Waals surface area contributed by atoms with Gasteiger partial charge in [0.05, 0.1) is 5.39 Å². The molecule has 3 heterocycles. The van der Waals surface area contributed by atoms with Crippen LogP contribution in [0.1, 0.15) is 72.8 Å². The number of aromatic nitrogens is 3. The van der Waals surface area contributed by atoms with Crippen LogP contribution in [0.2, 0.25) is 16.6 Å². The first-order valence-electron chi connectivity index (χ1n) is 16.6. The molecule has 1 aromatic carbocycles. The molecule has 2 aliphatic rings. The second-order valence-electron chi connectivity index (χ2n) is 13.7. The zero-order valence-corrected chi connectivity index (χ0v) is 29.1. The van der Waals surface area contributed by atoms with Crippen molar-refractivity contribution >= 4 is 48.3 Å². The topological polar surface area (TPSA) is 98.3 Å². The number of pyridine rings is 1. The lowest BCUT2D eigenvalue weighted by molar-refractivity contribution is 0.248. The van der Waals surface area contributed by atoms with Crippen LogP contribution in [-0.4, -0.2) is 73.2 Å². The Morgan fingerprint density at radius 2 is 1.58 bits per heavy atom. The van der Waals surface area contributed by atoms with Gasteiger partial charge in [-0.2, -0.15) is 4.98 Å². The van der Waals surface area contributed by atoms with Gasteiger partial charge in [0.15, 0.2) is 5.65 Å². The lowest BCUT2D eigenvalue weighted by atomic mass is 10.2. The Bertz CT molecular complexity index is 1510. The molecule has 2 amide bonds. The molecule has 0 radical (unpaired) electrons. The van der Waals surface area contributed by atoms with Crippen molar-refractivity contribution in [2.24, 2.45) is 0 Å². The Hall–Kier alpha value is -3.68. The number of carbonyl (C=O) groups is 1. The Morgan fingerprint density at radius 1 is 0.933 bits per heavy atom. The average Bonchev–Trinajstić information content (AvgIpc) is 3.50. The Balaban J connectivity index is 1.45. The lowest BCUT2D eigenvalue weighted by Gasteiger charge is -2.38. The van der Waals surface area contributed by atoms with E-state index < -0.39 is 8.07 Å². The number of amides is 2. The molecule has 0 unspecified atom stereocenters. The summed E-state index contributed by atoms with van der Waals surface area (Å²) in [6, 6.07) is 10.2. The normalized spacial score (nSPS) is 16.4. The highest BCUT2D eigenvalue weighted by Gasteiger charge is 2.41. The second-order valence-corrected chi connectivity index (χ2v) is 19.3. The van der Waals surface area contributed by atoms with E-state index in [1.54, 1.807) is 6.20 Å². The van der Waals surface area contributed by atoms with Crippen LogP contribution in [0.5, 0.6) is 0 Å². The van der Waals surface area contributed by atoms with Gasteiger partial charge in [-0.3, -0.25) is 5.32 Å². The number of piperazine rings is 1. The summed E-state index contributed by atoms with van der Waals surface area (Å²) in [6.07, 6.45) is 6.13. The van der Waals surface area contributed by atoms with Gasteiger partial charge in [-0.1, -0.05) is 60.3 Å². The number of hydrogen-bond donors (Lipinski definition) is 3. The van der Waals surface area contributed by atoms with Crippen molar-refractivity contribution in [3.8, 4) is 11.5 Å². The van der Waals surface area contributed by atoms with E-state index >= 15 is 0 Å². The van der Waals surface area contributed by atoms with Gasteiger partial charge in [-0.25, -0.2) is 14.8 Å². The number of likely N-dealkylation sites (N-methyl/N-ethyl adjacent to an activating group) is 1. The first-order chi connectivity index (χ1) is 21.5. The zero-order valence-electron chi connectivity index (χ0n) is 28.1. The van der Waals surface area contributed by atoms with Gasteiger partial charge in [0, 0.05) is 55.4 Å². The lowest BCUT2D eigenvalue weighted by Crippen LogP contribution is -2.44. The summed E-state index contributed by atoms with van der Waals surface area (Å²) < 4.78 is 0. The van der Waals surface area contributed by atoms with E-state index in [9.17, 15) is 4.79 Å². The Kier molecular flexibility index (Phi) is 10.3. The van der Waals surface area contributed by atoms with Gasteiger partial charge < -0.3 is 20.4 Å². The quantitative estimate of drug-likeness (QED) is 0.180. The molecule has 1 aliphatic heterocycles. The largest absolute Gasteiger partial charge is 0.369 e. The van der Waals surface area contributed by atoms with Gasteiger partial charge >= 0.3 is 6.03 Å². The number of nitrogens with zero attached hydrogens (tertiary/aromatic N) is 5. The van der Waals surface area contributed by atoms with E-state index in [-0.39, 0.29) is 12.1 Å². The highest BCUT2D eigenvalue weighted by molar-refractivity contribution is 6.90. The van der Waals surface area contributed by atoms with E-state index in [4.69, 9.17) is 9.97 Å². The van der Waals surface area contributed by atoms with E-state index in [0.29, 0.717) is 34.0 Å².